The van der Waals surface area contributed by atoms with Crippen LogP contribution in [0.4, 0.5) is 0 Å². The first kappa shape index (κ1) is 17.1. The monoisotopic (exact) mass is 338 g/mol. The van der Waals surface area contributed by atoms with E-state index in [1.807, 2.05) is 0 Å². The Hall–Kier alpha value is -2.26. The third kappa shape index (κ3) is 5.46. The van der Waals surface area contributed by atoms with Gasteiger partial charge in [0.1, 0.15) is 5.82 Å². The van der Waals surface area contributed by atoms with Crippen LogP contribution in [0.3, 0.4) is 0 Å². The number of fused-ring (bicyclic) bond motifs is 1. The van der Waals surface area contributed by atoms with E-state index in [4.69, 9.17) is 0 Å². The van der Waals surface area contributed by atoms with Crippen LogP contribution >= 0.6 is 0 Å². The van der Waals surface area contributed by atoms with E-state index in [1.165, 1.54) is 0 Å². The van der Waals surface area contributed by atoms with Crippen LogP contribution in [0.5, 0.6) is 0 Å². The number of carbonyl (C=O) groups excluding carboxylic acids is 1. The number of rotatable bonds is 7. The summed E-state index contributed by atoms with van der Waals surface area (Å²) in [7, 11) is -3.29. The fourth-order valence-electron chi connectivity index (χ4n) is 2.01. The molecule has 0 aliphatic heterocycles. The van der Waals surface area contributed by atoms with Gasteiger partial charge in [0.05, 0.1) is 17.2 Å². The number of nitrogens with zero attached hydrogens (tertiary/aromatic N) is 1. The van der Waals surface area contributed by atoms with Crippen LogP contribution in [0, 0.1) is 0 Å². The van der Waals surface area contributed by atoms with Crippen LogP contribution in [-0.4, -0.2) is 43.6 Å². The quantitative estimate of drug-likeness (QED) is 0.630. The first-order valence-corrected chi connectivity index (χ1v) is 8.93. The molecule has 0 unspecified atom stereocenters. The average Bonchev–Trinajstić information content (AvgIpc) is 2.46. The van der Waals surface area contributed by atoms with E-state index in [0.717, 1.165) is 6.26 Å². The average molecular weight is 338 g/mol. The van der Waals surface area contributed by atoms with Crippen molar-refractivity contribution in [2.75, 3.05) is 19.3 Å². The maximum Gasteiger partial charge on any atom is 0.258 e. The second-order valence-corrected chi connectivity index (χ2v) is 6.88. The number of aromatic amines is 1. The highest BCUT2D eigenvalue weighted by Gasteiger charge is 2.06. The largest absolute Gasteiger partial charge is 0.356 e. The van der Waals surface area contributed by atoms with E-state index >= 15 is 0 Å². The van der Waals surface area contributed by atoms with Crippen molar-refractivity contribution in [2.24, 2.45) is 0 Å². The molecule has 0 spiro atoms. The fourth-order valence-corrected chi connectivity index (χ4v) is 2.48. The van der Waals surface area contributed by atoms with Crippen molar-refractivity contribution in [3.05, 3.63) is 40.4 Å². The lowest BCUT2D eigenvalue weighted by Gasteiger charge is -2.06. The highest BCUT2D eigenvalue weighted by molar-refractivity contribution is 7.88. The van der Waals surface area contributed by atoms with Gasteiger partial charge in [-0.2, -0.15) is 0 Å². The van der Waals surface area contributed by atoms with Gasteiger partial charge in [-0.1, -0.05) is 12.1 Å². The highest BCUT2D eigenvalue weighted by Crippen LogP contribution is 2.05. The van der Waals surface area contributed by atoms with Crippen molar-refractivity contribution in [1.82, 2.24) is 20.0 Å². The molecular formula is C14H18N4O4S. The smallest absolute Gasteiger partial charge is 0.258 e. The van der Waals surface area contributed by atoms with Gasteiger partial charge in [-0.3, -0.25) is 9.59 Å². The molecule has 0 aliphatic carbocycles. The molecular weight excluding hydrogens is 320 g/mol. The minimum atomic E-state index is -3.29. The second-order valence-electron chi connectivity index (χ2n) is 5.05. The third-order valence-corrected chi connectivity index (χ3v) is 3.79. The Morgan fingerprint density at radius 1 is 1.26 bits per heavy atom. The Balaban J connectivity index is 1.84. The summed E-state index contributed by atoms with van der Waals surface area (Å²) < 4.78 is 24.0. The number of benzene rings is 1. The van der Waals surface area contributed by atoms with Gasteiger partial charge in [0, 0.05) is 25.9 Å². The highest BCUT2D eigenvalue weighted by atomic mass is 32.2. The molecule has 1 amide bonds. The molecule has 23 heavy (non-hydrogen) atoms. The van der Waals surface area contributed by atoms with Gasteiger partial charge in [0.2, 0.25) is 15.9 Å². The molecule has 2 aromatic rings. The molecule has 3 N–H and O–H groups in total. The molecule has 1 aromatic heterocycles. The number of amides is 1. The predicted octanol–water partition coefficient (Wildman–Crippen LogP) is -0.479. The van der Waals surface area contributed by atoms with Crippen LogP contribution < -0.4 is 15.6 Å². The van der Waals surface area contributed by atoms with E-state index in [1.54, 1.807) is 24.3 Å². The predicted molar refractivity (Wildman–Crippen MR) is 86.5 cm³/mol. The van der Waals surface area contributed by atoms with Crippen LogP contribution in [0.2, 0.25) is 0 Å². The summed E-state index contributed by atoms with van der Waals surface area (Å²) >= 11 is 0. The molecule has 0 atom stereocenters. The van der Waals surface area contributed by atoms with Crippen molar-refractivity contribution in [3.63, 3.8) is 0 Å². The number of para-hydroxylation sites is 1. The van der Waals surface area contributed by atoms with Gasteiger partial charge in [-0.05, 0) is 12.1 Å². The normalized spacial score (nSPS) is 11.5. The Labute approximate surface area is 133 Å². The van der Waals surface area contributed by atoms with Gasteiger partial charge < -0.3 is 10.3 Å². The van der Waals surface area contributed by atoms with Crippen LogP contribution in [-0.2, 0) is 21.2 Å². The van der Waals surface area contributed by atoms with Gasteiger partial charge >= 0.3 is 0 Å². The molecule has 0 saturated heterocycles. The number of hydrogen-bond acceptors (Lipinski definition) is 5. The van der Waals surface area contributed by atoms with Gasteiger partial charge in [0.15, 0.2) is 0 Å². The number of sulfonamides is 1. The van der Waals surface area contributed by atoms with E-state index in [-0.39, 0.29) is 24.4 Å². The standard InChI is InChI=1S/C14H18N4O4S/c1-23(21,22)16-9-7-13(19)15-8-6-12-17-11-5-3-2-4-10(11)14(20)18-12/h2-5,16H,6-9H2,1H3,(H,15,19)(H,17,18,20). The van der Waals surface area contributed by atoms with Crippen molar-refractivity contribution in [2.45, 2.75) is 12.8 Å². The van der Waals surface area contributed by atoms with Crippen molar-refractivity contribution in [3.8, 4) is 0 Å². The van der Waals surface area contributed by atoms with Crippen LogP contribution in [0.25, 0.3) is 10.9 Å². The SMILES string of the molecule is CS(=O)(=O)NCCC(=O)NCCc1nc2ccccc2c(=O)[nH]1. The van der Waals surface area contributed by atoms with E-state index < -0.39 is 10.0 Å². The number of carbonyl (C=O) groups is 1. The zero-order valence-electron chi connectivity index (χ0n) is 12.6. The summed E-state index contributed by atoms with van der Waals surface area (Å²) in [4.78, 5) is 30.5. The maximum absolute atomic E-state index is 11.9. The van der Waals surface area contributed by atoms with Crippen molar-refractivity contribution >= 4 is 26.8 Å². The summed E-state index contributed by atoms with van der Waals surface area (Å²) in [6.07, 6.45) is 1.46. The number of nitrogens with one attached hydrogen (secondary N) is 3. The molecule has 2 rings (SSSR count). The van der Waals surface area contributed by atoms with Crippen LogP contribution in [0.1, 0.15) is 12.2 Å². The Kier molecular flexibility index (Phi) is 5.45. The topological polar surface area (TPSA) is 121 Å². The molecule has 1 heterocycles. The molecule has 0 bridgehead atoms. The number of H-pyrrole nitrogens is 1. The molecule has 124 valence electrons. The molecule has 0 saturated carbocycles. The molecule has 0 fully saturated rings. The van der Waals surface area contributed by atoms with E-state index in [0.29, 0.717) is 29.7 Å². The Bertz CT molecular complexity index is 860. The molecule has 8 nitrogen and oxygen atoms in total. The summed E-state index contributed by atoms with van der Waals surface area (Å²) in [6, 6.07) is 7.02. The van der Waals surface area contributed by atoms with Gasteiger partial charge in [-0.25, -0.2) is 18.1 Å². The lowest BCUT2D eigenvalue weighted by molar-refractivity contribution is -0.120. The summed E-state index contributed by atoms with van der Waals surface area (Å²) in [6.45, 7) is 0.356. The minimum Gasteiger partial charge on any atom is -0.356 e. The number of aromatic nitrogens is 2. The lowest BCUT2D eigenvalue weighted by Crippen LogP contribution is -2.31. The van der Waals surface area contributed by atoms with Gasteiger partial charge in [-0.15, -0.1) is 0 Å². The first-order chi connectivity index (χ1) is 10.8. The fraction of sp³-hybridized carbons (Fsp3) is 0.357. The van der Waals surface area contributed by atoms with E-state index in [9.17, 15) is 18.0 Å². The van der Waals surface area contributed by atoms with Crippen LogP contribution in [0.15, 0.2) is 29.1 Å². The molecule has 0 radical (unpaired) electrons. The molecule has 9 heteroatoms. The molecule has 1 aromatic carbocycles. The Morgan fingerprint density at radius 3 is 2.74 bits per heavy atom. The Morgan fingerprint density at radius 2 is 2.00 bits per heavy atom. The molecule has 0 aliphatic rings. The second kappa shape index (κ2) is 7.34. The summed E-state index contributed by atoms with van der Waals surface area (Å²) in [5, 5.41) is 3.17. The number of hydrogen-bond donors (Lipinski definition) is 3. The zero-order valence-corrected chi connectivity index (χ0v) is 13.4. The zero-order chi connectivity index (χ0) is 16.9. The lowest BCUT2D eigenvalue weighted by atomic mass is 10.2. The van der Waals surface area contributed by atoms with Crippen molar-refractivity contribution < 1.29 is 13.2 Å². The minimum absolute atomic E-state index is 0.0503. The summed E-state index contributed by atoms with van der Waals surface area (Å²) in [5.41, 5.74) is 0.393. The third-order valence-electron chi connectivity index (χ3n) is 3.06. The van der Waals surface area contributed by atoms with E-state index in [2.05, 4.69) is 20.0 Å². The summed E-state index contributed by atoms with van der Waals surface area (Å²) in [5.74, 6) is 0.215. The maximum atomic E-state index is 11.9. The first-order valence-electron chi connectivity index (χ1n) is 7.04. The van der Waals surface area contributed by atoms with Crippen molar-refractivity contribution in [1.29, 1.82) is 0 Å². The van der Waals surface area contributed by atoms with Gasteiger partial charge in [0.25, 0.3) is 5.56 Å².